The standard InChI is InChI=1S/C15H18N4O4S/c1-9-6-24-12(5-16-7-20)14(9)17-10(2)19(8-21)11-3-4-13(22)18-15(11)23/h6-8,11H,3-5H2,1-2H3,(H,16,20)(H,18,22,23)/b17-10-. The van der Waals surface area contributed by atoms with Crippen molar-refractivity contribution in [1.82, 2.24) is 15.5 Å². The maximum atomic E-state index is 12.0. The molecule has 1 aromatic heterocycles. The zero-order valence-corrected chi connectivity index (χ0v) is 14.2. The van der Waals surface area contributed by atoms with E-state index >= 15 is 0 Å². The second-order valence-electron chi connectivity index (χ2n) is 5.33. The monoisotopic (exact) mass is 350 g/mol. The Bertz CT molecular complexity index is 698. The SMILES string of the molecule is C/C(=N/c1c(C)csc1CNC=O)N(C=O)C1CCC(=O)NC1=O. The molecule has 2 heterocycles. The van der Waals surface area contributed by atoms with Crippen molar-refractivity contribution in [3.05, 3.63) is 15.8 Å². The van der Waals surface area contributed by atoms with Crippen molar-refractivity contribution in [2.45, 2.75) is 39.3 Å². The van der Waals surface area contributed by atoms with E-state index in [4.69, 9.17) is 0 Å². The number of piperidine rings is 1. The molecule has 0 aliphatic carbocycles. The largest absolute Gasteiger partial charge is 0.354 e. The summed E-state index contributed by atoms with van der Waals surface area (Å²) < 4.78 is 0. The predicted molar refractivity (Wildman–Crippen MR) is 88.8 cm³/mol. The molecule has 9 heteroatoms. The van der Waals surface area contributed by atoms with Crippen molar-refractivity contribution in [3.63, 3.8) is 0 Å². The predicted octanol–water partition coefficient (Wildman–Crippen LogP) is 0.616. The van der Waals surface area contributed by atoms with Gasteiger partial charge in [0.25, 0.3) is 0 Å². The smallest absolute Gasteiger partial charge is 0.249 e. The van der Waals surface area contributed by atoms with Crippen LogP contribution in [0.3, 0.4) is 0 Å². The van der Waals surface area contributed by atoms with Gasteiger partial charge >= 0.3 is 0 Å². The summed E-state index contributed by atoms with van der Waals surface area (Å²) in [7, 11) is 0. The summed E-state index contributed by atoms with van der Waals surface area (Å²) in [6, 6.07) is -0.751. The minimum atomic E-state index is -0.751. The molecule has 0 spiro atoms. The van der Waals surface area contributed by atoms with Crippen LogP contribution in [0.25, 0.3) is 0 Å². The van der Waals surface area contributed by atoms with Gasteiger partial charge < -0.3 is 5.32 Å². The zero-order valence-electron chi connectivity index (χ0n) is 13.4. The van der Waals surface area contributed by atoms with E-state index in [0.717, 1.165) is 10.4 Å². The molecule has 2 rings (SSSR count). The van der Waals surface area contributed by atoms with Gasteiger partial charge in [0.05, 0.1) is 12.2 Å². The number of imide groups is 1. The molecule has 1 aromatic rings. The van der Waals surface area contributed by atoms with Crippen LogP contribution in [0.5, 0.6) is 0 Å². The summed E-state index contributed by atoms with van der Waals surface area (Å²) in [4.78, 5) is 51.7. The minimum Gasteiger partial charge on any atom is -0.354 e. The topological polar surface area (TPSA) is 108 Å². The molecule has 2 N–H and O–H groups in total. The molecule has 1 unspecified atom stereocenters. The summed E-state index contributed by atoms with van der Waals surface area (Å²) in [6.45, 7) is 3.85. The van der Waals surface area contributed by atoms with E-state index in [1.54, 1.807) is 6.92 Å². The third-order valence-electron chi connectivity index (χ3n) is 3.67. The molecule has 0 radical (unpaired) electrons. The van der Waals surface area contributed by atoms with Crippen LogP contribution in [0, 0.1) is 6.92 Å². The Balaban J connectivity index is 2.26. The van der Waals surface area contributed by atoms with E-state index in [2.05, 4.69) is 15.6 Å². The lowest BCUT2D eigenvalue weighted by molar-refractivity contribution is -0.138. The van der Waals surface area contributed by atoms with Crippen LogP contribution in [0.2, 0.25) is 0 Å². The Morgan fingerprint density at radius 3 is 2.88 bits per heavy atom. The van der Waals surface area contributed by atoms with Gasteiger partial charge in [0.15, 0.2) is 0 Å². The first-order chi connectivity index (χ1) is 11.5. The number of amidine groups is 1. The molecule has 128 valence electrons. The van der Waals surface area contributed by atoms with Gasteiger partial charge in [0.1, 0.15) is 11.9 Å². The maximum Gasteiger partial charge on any atom is 0.249 e. The summed E-state index contributed by atoms with van der Waals surface area (Å²) in [5.41, 5.74) is 1.59. The third-order valence-corrected chi connectivity index (χ3v) is 4.76. The molecule has 0 saturated carbocycles. The molecule has 8 nitrogen and oxygen atoms in total. The van der Waals surface area contributed by atoms with E-state index in [1.807, 2.05) is 12.3 Å². The fraction of sp³-hybridized carbons (Fsp3) is 0.400. The minimum absolute atomic E-state index is 0.181. The van der Waals surface area contributed by atoms with Crippen molar-refractivity contribution in [2.24, 2.45) is 4.99 Å². The van der Waals surface area contributed by atoms with Crippen molar-refractivity contribution in [3.8, 4) is 0 Å². The van der Waals surface area contributed by atoms with Crippen molar-refractivity contribution in [1.29, 1.82) is 0 Å². The van der Waals surface area contributed by atoms with Crippen LogP contribution < -0.4 is 10.6 Å². The highest BCUT2D eigenvalue weighted by molar-refractivity contribution is 7.10. The third kappa shape index (κ3) is 3.85. The number of carbonyl (C=O) groups is 4. The molecule has 1 atom stereocenters. The molecule has 1 aliphatic heterocycles. The first-order valence-electron chi connectivity index (χ1n) is 7.34. The second kappa shape index (κ2) is 7.82. The lowest BCUT2D eigenvalue weighted by atomic mass is 10.0. The number of thiophene rings is 1. The Kier molecular flexibility index (Phi) is 5.80. The van der Waals surface area contributed by atoms with Gasteiger partial charge in [0.2, 0.25) is 24.6 Å². The van der Waals surface area contributed by atoms with Gasteiger partial charge in [-0.1, -0.05) is 0 Å². The molecule has 1 saturated heterocycles. The number of amides is 4. The number of nitrogens with one attached hydrogen (secondary N) is 2. The Hall–Kier alpha value is -2.55. The number of rotatable bonds is 6. The van der Waals surface area contributed by atoms with Crippen LogP contribution in [-0.4, -0.2) is 41.4 Å². The average molecular weight is 350 g/mol. The summed E-state index contributed by atoms with van der Waals surface area (Å²) in [6.07, 6.45) is 1.60. The van der Waals surface area contributed by atoms with Crippen LogP contribution in [0.15, 0.2) is 10.4 Å². The number of aryl methyl sites for hydroxylation is 1. The summed E-state index contributed by atoms with van der Waals surface area (Å²) >= 11 is 1.45. The van der Waals surface area contributed by atoms with E-state index < -0.39 is 11.9 Å². The highest BCUT2D eigenvalue weighted by atomic mass is 32.1. The van der Waals surface area contributed by atoms with Crippen LogP contribution in [-0.2, 0) is 25.7 Å². The number of carbonyl (C=O) groups excluding carboxylic acids is 4. The van der Waals surface area contributed by atoms with Gasteiger partial charge in [-0.2, -0.15) is 0 Å². The molecular formula is C15H18N4O4S. The lowest BCUT2D eigenvalue weighted by Crippen LogP contribution is -2.53. The second-order valence-corrected chi connectivity index (χ2v) is 6.29. The summed E-state index contributed by atoms with van der Waals surface area (Å²) in [5, 5.41) is 6.72. The van der Waals surface area contributed by atoms with Crippen LogP contribution in [0.1, 0.15) is 30.2 Å². The first-order valence-corrected chi connectivity index (χ1v) is 8.22. The molecule has 0 bridgehead atoms. The Morgan fingerprint density at radius 2 is 2.25 bits per heavy atom. The number of hydrogen-bond acceptors (Lipinski definition) is 6. The lowest BCUT2D eigenvalue weighted by Gasteiger charge is -2.29. The first kappa shape index (κ1) is 17.8. The average Bonchev–Trinajstić information content (AvgIpc) is 2.88. The number of hydrogen-bond donors (Lipinski definition) is 2. The Labute approximate surface area is 142 Å². The molecule has 0 aromatic carbocycles. The molecule has 1 fully saturated rings. The molecule has 4 amide bonds. The summed E-state index contributed by atoms with van der Waals surface area (Å²) in [5.74, 6) is -0.487. The van der Waals surface area contributed by atoms with Gasteiger partial charge in [-0.3, -0.25) is 29.4 Å². The van der Waals surface area contributed by atoms with Gasteiger partial charge in [-0.25, -0.2) is 4.99 Å². The van der Waals surface area contributed by atoms with Gasteiger partial charge in [-0.05, 0) is 31.2 Å². The van der Waals surface area contributed by atoms with E-state index in [0.29, 0.717) is 30.9 Å². The fourth-order valence-corrected chi connectivity index (χ4v) is 3.36. The van der Waals surface area contributed by atoms with Crippen molar-refractivity contribution >= 4 is 47.5 Å². The van der Waals surface area contributed by atoms with Gasteiger partial charge in [0, 0.05) is 11.3 Å². The van der Waals surface area contributed by atoms with Gasteiger partial charge in [-0.15, -0.1) is 11.3 Å². The maximum absolute atomic E-state index is 12.0. The normalized spacial score (nSPS) is 18.1. The van der Waals surface area contributed by atoms with Crippen LogP contribution >= 0.6 is 11.3 Å². The highest BCUT2D eigenvalue weighted by Gasteiger charge is 2.32. The molecule has 1 aliphatic rings. The van der Waals surface area contributed by atoms with Crippen LogP contribution in [0.4, 0.5) is 5.69 Å². The van der Waals surface area contributed by atoms with E-state index in [9.17, 15) is 19.2 Å². The highest BCUT2D eigenvalue weighted by Crippen LogP contribution is 2.31. The fourth-order valence-electron chi connectivity index (χ4n) is 2.44. The van der Waals surface area contributed by atoms with E-state index in [-0.39, 0.29) is 18.7 Å². The van der Waals surface area contributed by atoms with E-state index in [1.165, 1.54) is 16.2 Å². The molecular weight excluding hydrogens is 332 g/mol. The Morgan fingerprint density at radius 1 is 1.50 bits per heavy atom. The molecule has 24 heavy (non-hydrogen) atoms. The van der Waals surface area contributed by atoms with Crippen molar-refractivity contribution in [2.75, 3.05) is 0 Å². The number of aliphatic imine (C=N–C) groups is 1. The number of nitrogens with zero attached hydrogens (tertiary/aromatic N) is 2. The quantitative estimate of drug-likeness (QED) is 0.339. The van der Waals surface area contributed by atoms with Crippen molar-refractivity contribution < 1.29 is 19.2 Å². The zero-order chi connectivity index (χ0) is 17.7.